The van der Waals surface area contributed by atoms with Crippen LogP contribution in [0.3, 0.4) is 0 Å². The number of fused-ring (bicyclic) bond motifs is 1. The highest BCUT2D eigenvalue weighted by Gasteiger charge is 2.20. The zero-order valence-electron chi connectivity index (χ0n) is 26.8. The highest BCUT2D eigenvalue weighted by atomic mass is 16.5. The number of esters is 1. The lowest BCUT2D eigenvalue weighted by molar-refractivity contribution is -0.141. The van der Waals surface area contributed by atoms with Gasteiger partial charge in [-0.1, -0.05) is 72.8 Å². The van der Waals surface area contributed by atoms with E-state index in [1.807, 2.05) is 111 Å². The molecule has 9 nitrogen and oxygen atoms in total. The van der Waals surface area contributed by atoms with Crippen LogP contribution in [-0.2, 0) is 29.8 Å². The van der Waals surface area contributed by atoms with E-state index in [1.54, 1.807) is 28.3 Å². The van der Waals surface area contributed by atoms with Crippen molar-refractivity contribution in [2.24, 2.45) is 7.05 Å². The minimum absolute atomic E-state index is 0.237. The third kappa shape index (κ3) is 6.74. The van der Waals surface area contributed by atoms with Gasteiger partial charge in [-0.3, -0.25) is 13.9 Å². The van der Waals surface area contributed by atoms with Crippen LogP contribution in [0, 0.1) is 6.92 Å². The fourth-order valence-corrected chi connectivity index (χ4v) is 5.44. The fraction of sp³-hybridized carbons (Fsp3) is 0.184. The predicted molar refractivity (Wildman–Crippen MR) is 183 cm³/mol. The Bertz CT molecular complexity index is 2090. The van der Waals surface area contributed by atoms with Crippen molar-refractivity contribution in [1.29, 1.82) is 0 Å². The molecule has 2 heterocycles. The second kappa shape index (κ2) is 13.7. The molecule has 0 saturated carbocycles. The molecule has 0 aliphatic rings. The number of carbonyl (C=O) groups is 1. The van der Waals surface area contributed by atoms with Gasteiger partial charge in [-0.2, -0.15) is 4.98 Å². The minimum atomic E-state index is -0.362. The molecule has 0 bridgehead atoms. The highest BCUT2D eigenvalue weighted by molar-refractivity contribution is 5.84. The Morgan fingerprint density at radius 2 is 1.51 bits per heavy atom. The number of methoxy groups -OCH3 is 1. The summed E-state index contributed by atoms with van der Waals surface area (Å²) < 4.78 is 20.4. The van der Waals surface area contributed by atoms with Crippen molar-refractivity contribution >= 4 is 28.4 Å². The monoisotopic (exact) mass is 628 g/mol. The third-order valence-corrected chi connectivity index (χ3v) is 8.14. The van der Waals surface area contributed by atoms with Crippen LogP contribution in [0.25, 0.3) is 16.7 Å². The van der Waals surface area contributed by atoms with Gasteiger partial charge in [0.2, 0.25) is 11.8 Å². The van der Waals surface area contributed by atoms with Crippen LogP contribution >= 0.6 is 0 Å². The SMILES string of the molecule is COC(=O)C(C)c1ccc(Nc2ccc3c(c2)n(C)c(=O)n3-c2ccc(OCc3ccccc3)nc2OCc2ccccc2)c(C)c1. The minimum Gasteiger partial charge on any atom is -0.473 e. The molecule has 2 aromatic heterocycles. The number of benzene rings is 4. The molecule has 1 atom stereocenters. The van der Waals surface area contributed by atoms with E-state index in [4.69, 9.17) is 19.2 Å². The van der Waals surface area contributed by atoms with Crippen molar-refractivity contribution < 1.29 is 19.0 Å². The Labute approximate surface area is 273 Å². The number of ether oxygens (including phenoxy) is 3. The zero-order valence-corrected chi connectivity index (χ0v) is 26.8. The van der Waals surface area contributed by atoms with Gasteiger partial charge in [-0.25, -0.2) is 4.79 Å². The van der Waals surface area contributed by atoms with E-state index in [-0.39, 0.29) is 30.1 Å². The second-order valence-corrected chi connectivity index (χ2v) is 11.3. The molecule has 47 heavy (non-hydrogen) atoms. The molecule has 0 radical (unpaired) electrons. The highest BCUT2D eigenvalue weighted by Crippen LogP contribution is 2.31. The number of hydrogen-bond acceptors (Lipinski definition) is 7. The Kier molecular flexibility index (Phi) is 9.06. The van der Waals surface area contributed by atoms with Crippen LogP contribution in [-0.4, -0.2) is 27.2 Å². The molecule has 238 valence electrons. The number of anilines is 2. The lowest BCUT2D eigenvalue weighted by Crippen LogP contribution is -2.21. The van der Waals surface area contributed by atoms with Crippen molar-refractivity contribution in [3.63, 3.8) is 0 Å². The van der Waals surface area contributed by atoms with E-state index in [9.17, 15) is 9.59 Å². The number of pyridine rings is 1. The van der Waals surface area contributed by atoms with Crippen molar-refractivity contribution in [2.45, 2.75) is 33.0 Å². The number of nitrogens with one attached hydrogen (secondary N) is 1. The average Bonchev–Trinajstić information content (AvgIpc) is 3.35. The lowest BCUT2D eigenvalue weighted by atomic mass is 9.98. The number of carbonyl (C=O) groups excluding carboxylic acids is 1. The summed E-state index contributed by atoms with van der Waals surface area (Å²) in [6, 6.07) is 34.8. The summed E-state index contributed by atoms with van der Waals surface area (Å²) in [6.07, 6.45) is 0. The summed E-state index contributed by atoms with van der Waals surface area (Å²) in [5.41, 5.74) is 7.25. The quantitative estimate of drug-likeness (QED) is 0.152. The molecule has 0 saturated heterocycles. The molecular weight excluding hydrogens is 592 g/mol. The second-order valence-electron chi connectivity index (χ2n) is 11.3. The van der Waals surface area contributed by atoms with Gasteiger partial charge in [0.05, 0.1) is 24.1 Å². The Morgan fingerprint density at radius 3 is 2.17 bits per heavy atom. The van der Waals surface area contributed by atoms with Gasteiger partial charge in [-0.15, -0.1) is 0 Å². The molecule has 1 unspecified atom stereocenters. The molecule has 0 spiro atoms. The molecule has 0 fully saturated rings. The van der Waals surface area contributed by atoms with Gasteiger partial charge < -0.3 is 19.5 Å². The number of rotatable bonds is 11. The van der Waals surface area contributed by atoms with Crippen LogP contribution in [0.2, 0.25) is 0 Å². The number of aryl methyl sites for hydroxylation is 2. The van der Waals surface area contributed by atoms with E-state index < -0.39 is 0 Å². The molecule has 0 amide bonds. The van der Waals surface area contributed by atoms with E-state index in [0.717, 1.165) is 39.1 Å². The summed E-state index contributed by atoms with van der Waals surface area (Å²) in [6.45, 7) is 4.43. The van der Waals surface area contributed by atoms with Crippen LogP contribution in [0.15, 0.2) is 114 Å². The summed E-state index contributed by atoms with van der Waals surface area (Å²) in [5.74, 6) is 0.0361. The topological polar surface area (TPSA) is 96.6 Å². The molecule has 4 aromatic carbocycles. The first-order valence-electron chi connectivity index (χ1n) is 15.3. The first kappa shape index (κ1) is 31.2. The zero-order chi connectivity index (χ0) is 32.9. The third-order valence-electron chi connectivity index (χ3n) is 8.14. The summed E-state index contributed by atoms with van der Waals surface area (Å²) in [5, 5.41) is 3.46. The van der Waals surface area contributed by atoms with Crippen molar-refractivity contribution in [3.05, 3.63) is 142 Å². The smallest absolute Gasteiger partial charge is 0.333 e. The Hall–Kier alpha value is -5.83. The first-order chi connectivity index (χ1) is 22.8. The maximum absolute atomic E-state index is 13.8. The molecule has 9 heteroatoms. The normalized spacial score (nSPS) is 11.7. The molecule has 0 aliphatic carbocycles. The van der Waals surface area contributed by atoms with E-state index >= 15 is 0 Å². The van der Waals surface area contributed by atoms with Gasteiger partial charge in [0.1, 0.15) is 18.9 Å². The lowest BCUT2D eigenvalue weighted by Gasteiger charge is -2.15. The molecular formula is C38H36N4O5. The predicted octanol–water partition coefficient (Wildman–Crippen LogP) is 7.21. The van der Waals surface area contributed by atoms with Crippen LogP contribution in [0.4, 0.5) is 11.4 Å². The van der Waals surface area contributed by atoms with Crippen LogP contribution in [0.1, 0.15) is 35.1 Å². The van der Waals surface area contributed by atoms with Gasteiger partial charge in [0, 0.05) is 24.5 Å². The summed E-state index contributed by atoms with van der Waals surface area (Å²) in [4.78, 5) is 30.5. The van der Waals surface area contributed by atoms with Crippen molar-refractivity contribution in [3.8, 4) is 17.4 Å². The molecule has 0 aliphatic heterocycles. The molecule has 6 aromatic rings. The maximum atomic E-state index is 13.8. The summed E-state index contributed by atoms with van der Waals surface area (Å²) >= 11 is 0. The molecule has 6 rings (SSSR count). The largest absolute Gasteiger partial charge is 0.473 e. The van der Waals surface area contributed by atoms with Crippen LogP contribution in [0.5, 0.6) is 11.8 Å². The fourth-order valence-electron chi connectivity index (χ4n) is 5.44. The first-order valence-corrected chi connectivity index (χ1v) is 15.3. The maximum Gasteiger partial charge on any atom is 0.333 e. The van der Waals surface area contributed by atoms with Crippen molar-refractivity contribution in [2.75, 3.05) is 12.4 Å². The van der Waals surface area contributed by atoms with Gasteiger partial charge in [0.25, 0.3) is 0 Å². The van der Waals surface area contributed by atoms with Crippen LogP contribution < -0.4 is 20.5 Å². The number of nitrogens with zero attached hydrogens (tertiary/aromatic N) is 3. The number of hydrogen-bond donors (Lipinski definition) is 1. The van der Waals surface area contributed by atoms with Crippen molar-refractivity contribution in [1.82, 2.24) is 14.1 Å². The van der Waals surface area contributed by atoms with E-state index in [1.165, 1.54) is 7.11 Å². The number of imidazole rings is 1. The molecule has 1 N–H and O–H groups in total. The summed E-state index contributed by atoms with van der Waals surface area (Å²) in [7, 11) is 3.14. The Balaban J connectivity index is 1.32. The Morgan fingerprint density at radius 1 is 0.830 bits per heavy atom. The van der Waals surface area contributed by atoms with Gasteiger partial charge >= 0.3 is 11.7 Å². The van der Waals surface area contributed by atoms with E-state index in [0.29, 0.717) is 23.7 Å². The van der Waals surface area contributed by atoms with E-state index in [2.05, 4.69) is 5.32 Å². The van der Waals surface area contributed by atoms with Gasteiger partial charge in [0.15, 0.2) is 0 Å². The average molecular weight is 629 g/mol. The standard InChI is InChI=1S/C38H36N4O5/c1-25-21-29(26(2)37(43)45-4)15-17-31(25)39-30-16-18-32-34(22-30)41(3)38(44)42(32)33-19-20-35(46-23-27-11-7-5-8-12-27)40-36(33)47-24-28-13-9-6-10-14-28/h5-22,26,39H,23-24H2,1-4H3. The number of aromatic nitrogens is 3. The van der Waals surface area contributed by atoms with Gasteiger partial charge in [-0.05, 0) is 66.4 Å².